The molecule has 0 aromatic carbocycles. The third kappa shape index (κ3) is 2.75. The van der Waals surface area contributed by atoms with Gasteiger partial charge in [-0.15, -0.1) is 0 Å². The van der Waals surface area contributed by atoms with Crippen molar-refractivity contribution in [1.29, 1.82) is 0 Å². The van der Waals surface area contributed by atoms with Gasteiger partial charge in [0.05, 0.1) is 12.2 Å². The molecule has 3 heterocycles. The van der Waals surface area contributed by atoms with Crippen molar-refractivity contribution in [3.05, 3.63) is 60.3 Å². The molecule has 104 valence electrons. The van der Waals surface area contributed by atoms with Crippen molar-refractivity contribution in [2.75, 3.05) is 6.54 Å². The smallest absolute Gasteiger partial charge is 0.137 e. The summed E-state index contributed by atoms with van der Waals surface area (Å²) < 4.78 is 4.32. The molecule has 0 fully saturated rings. The van der Waals surface area contributed by atoms with Gasteiger partial charge in [-0.2, -0.15) is 0 Å². The van der Waals surface area contributed by atoms with Crippen LogP contribution in [-0.2, 0) is 13.1 Å². The highest BCUT2D eigenvalue weighted by atomic mass is 15.0. The fraction of sp³-hybridized carbons (Fsp3) is 0.312. The van der Waals surface area contributed by atoms with E-state index in [4.69, 9.17) is 0 Å². The van der Waals surface area contributed by atoms with Crippen LogP contribution in [0.3, 0.4) is 0 Å². The number of aromatic nitrogens is 3. The van der Waals surface area contributed by atoms with E-state index in [-0.39, 0.29) is 0 Å². The first kappa shape index (κ1) is 12.9. The second kappa shape index (κ2) is 5.92. The van der Waals surface area contributed by atoms with Crippen molar-refractivity contribution in [2.24, 2.45) is 0 Å². The van der Waals surface area contributed by atoms with Gasteiger partial charge in [0.15, 0.2) is 0 Å². The lowest BCUT2D eigenvalue weighted by Gasteiger charge is -2.08. The zero-order valence-corrected chi connectivity index (χ0v) is 11.8. The average molecular weight is 268 g/mol. The van der Waals surface area contributed by atoms with E-state index in [1.54, 1.807) is 0 Å². The van der Waals surface area contributed by atoms with Crippen LogP contribution in [0.25, 0.3) is 5.65 Å². The van der Waals surface area contributed by atoms with E-state index in [0.717, 1.165) is 37.4 Å². The second-order valence-electron chi connectivity index (χ2n) is 5.00. The standard InChI is InChI=1S/C16H20N4/c1-2-8-17-11-15-6-5-10-19(15)12-14-13-20-9-4-3-7-16(20)18-14/h3-7,9-10,13,17H,2,8,11-12H2,1H3. The average Bonchev–Trinajstić information content (AvgIpc) is 3.06. The van der Waals surface area contributed by atoms with E-state index in [2.05, 4.69) is 50.7 Å². The van der Waals surface area contributed by atoms with Gasteiger partial charge in [-0.3, -0.25) is 0 Å². The van der Waals surface area contributed by atoms with Crippen molar-refractivity contribution >= 4 is 5.65 Å². The molecule has 1 N–H and O–H groups in total. The molecule has 0 aliphatic carbocycles. The lowest BCUT2D eigenvalue weighted by atomic mass is 10.4. The summed E-state index contributed by atoms with van der Waals surface area (Å²) in [5.41, 5.74) is 3.39. The van der Waals surface area contributed by atoms with Gasteiger partial charge in [0.2, 0.25) is 0 Å². The van der Waals surface area contributed by atoms with Crippen LogP contribution >= 0.6 is 0 Å². The van der Waals surface area contributed by atoms with Crippen LogP contribution in [0.1, 0.15) is 24.7 Å². The van der Waals surface area contributed by atoms with Crippen LogP contribution in [0.4, 0.5) is 0 Å². The summed E-state index contributed by atoms with van der Waals surface area (Å²) in [6.07, 6.45) is 7.41. The molecule has 3 aromatic rings. The van der Waals surface area contributed by atoms with E-state index in [9.17, 15) is 0 Å². The van der Waals surface area contributed by atoms with Gasteiger partial charge >= 0.3 is 0 Å². The molecule has 0 spiro atoms. The van der Waals surface area contributed by atoms with E-state index in [0.29, 0.717) is 0 Å². The Morgan fingerprint density at radius 1 is 1.15 bits per heavy atom. The number of hydrogen-bond donors (Lipinski definition) is 1. The summed E-state index contributed by atoms with van der Waals surface area (Å²) in [6.45, 7) is 4.97. The predicted octanol–water partition coefficient (Wildman–Crippen LogP) is 2.68. The first-order valence-electron chi connectivity index (χ1n) is 7.14. The maximum atomic E-state index is 4.65. The summed E-state index contributed by atoms with van der Waals surface area (Å²) in [5, 5.41) is 3.44. The Morgan fingerprint density at radius 2 is 2.10 bits per heavy atom. The summed E-state index contributed by atoms with van der Waals surface area (Å²) in [7, 11) is 0. The van der Waals surface area contributed by atoms with Gasteiger partial charge in [0, 0.05) is 30.8 Å². The highest BCUT2D eigenvalue weighted by molar-refractivity contribution is 5.39. The topological polar surface area (TPSA) is 34.3 Å². The number of nitrogens with zero attached hydrogens (tertiary/aromatic N) is 3. The van der Waals surface area contributed by atoms with Crippen LogP contribution in [0.5, 0.6) is 0 Å². The Labute approximate surface area is 119 Å². The first-order valence-corrected chi connectivity index (χ1v) is 7.14. The summed E-state index contributed by atoms with van der Waals surface area (Å²) >= 11 is 0. The molecular formula is C16H20N4. The molecule has 0 saturated heterocycles. The van der Waals surface area contributed by atoms with Crippen molar-refractivity contribution in [3.8, 4) is 0 Å². The highest BCUT2D eigenvalue weighted by Gasteiger charge is 2.05. The molecule has 4 nitrogen and oxygen atoms in total. The van der Waals surface area contributed by atoms with Gasteiger partial charge in [0.25, 0.3) is 0 Å². The molecule has 0 unspecified atom stereocenters. The Balaban J connectivity index is 1.75. The van der Waals surface area contributed by atoms with Crippen LogP contribution in [-0.4, -0.2) is 20.5 Å². The molecule has 0 saturated carbocycles. The van der Waals surface area contributed by atoms with Crippen molar-refractivity contribution in [3.63, 3.8) is 0 Å². The Morgan fingerprint density at radius 3 is 2.95 bits per heavy atom. The van der Waals surface area contributed by atoms with Gasteiger partial charge < -0.3 is 14.3 Å². The minimum Gasteiger partial charge on any atom is -0.344 e. The summed E-state index contributed by atoms with van der Waals surface area (Å²) in [4.78, 5) is 4.65. The molecule has 0 radical (unpaired) electrons. The third-order valence-corrected chi connectivity index (χ3v) is 3.40. The van der Waals surface area contributed by atoms with E-state index < -0.39 is 0 Å². The third-order valence-electron chi connectivity index (χ3n) is 3.40. The molecule has 3 rings (SSSR count). The fourth-order valence-corrected chi connectivity index (χ4v) is 2.40. The van der Waals surface area contributed by atoms with Gasteiger partial charge in [-0.1, -0.05) is 13.0 Å². The molecule has 0 amide bonds. The van der Waals surface area contributed by atoms with Crippen LogP contribution in [0, 0.1) is 0 Å². The van der Waals surface area contributed by atoms with E-state index in [1.807, 2.05) is 24.4 Å². The summed E-state index contributed by atoms with van der Waals surface area (Å²) in [5.74, 6) is 0. The zero-order chi connectivity index (χ0) is 13.8. The predicted molar refractivity (Wildman–Crippen MR) is 80.7 cm³/mol. The lowest BCUT2D eigenvalue weighted by molar-refractivity contribution is 0.627. The SMILES string of the molecule is CCCNCc1cccn1Cc1cn2ccccc2n1. The number of imidazole rings is 1. The van der Waals surface area contributed by atoms with Crippen LogP contribution in [0.15, 0.2) is 48.9 Å². The molecule has 3 aromatic heterocycles. The minimum absolute atomic E-state index is 0.817. The number of nitrogens with one attached hydrogen (secondary N) is 1. The molecule has 0 atom stereocenters. The number of rotatable bonds is 6. The largest absolute Gasteiger partial charge is 0.344 e. The van der Waals surface area contributed by atoms with Crippen LogP contribution in [0.2, 0.25) is 0 Å². The molecule has 0 aliphatic rings. The molecule has 0 aliphatic heterocycles. The van der Waals surface area contributed by atoms with Gasteiger partial charge in [0.1, 0.15) is 5.65 Å². The number of pyridine rings is 1. The van der Waals surface area contributed by atoms with Gasteiger partial charge in [-0.25, -0.2) is 4.98 Å². The second-order valence-corrected chi connectivity index (χ2v) is 5.00. The zero-order valence-electron chi connectivity index (χ0n) is 11.8. The van der Waals surface area contributed by atoms with Crippen molar-refractivity contribution in [2.45, 2.75) is 26.4 Å². The molecule has 4 heteroatoms. The summed E-state index contributed by atoms with van der Waals surface area (Å²) in [6, 6.07) is 10.3. The maximum absolute atomic E-state index is 4.65. The number of fused-ring (bicyclic) bond motifs is 1. The number of hydrogen-bond acceptors (Lipinski definition) is 2. The van der Waals surface area contributed by atoms with E-state index in [1.165, 1.54) is 5.69 Å². The minimum atomic E-state index is 0.817. The quantitative estimate of drug-likeness (QED) is 0.697. The Hall–Kier alpha value is -2.07. The maximum Gasteiger partial charge on any atom is 0.137 e. The van der Waals surface area contributed by atoms with Gasteiger partial charge in [-0.05, 0) is 37.2 Å². The fourth-order valence-electron chi connectivity index (χ4n) is 2.40. The first-order chi connectivity index (χ1) is 9.86. The highest BCUT2D eigenvalue weighted by Crippen LogP contribution is 2.09. The van der Waals surface area contributed by atoms with Crippen molar-refractivity contribution < 1.29 is 0 Å². The Bertz CT molecular complexity index is 647. The monoisotopic (exact) mass is 268 g/mol. The molecule has 20 heavy (non-hydrogen) atoms. The van der Waals surface area contributed by atoms with E-state index >= 15 is 0 Å². The lowest BCUT2D eigenvalue weighted by Crippen LogP contribution is -2.17. The van der Waals surface area contributed by atoms with Crippen molar-refractivity contribution in [1.82, 2.24) is 19.3 Å². The normalized spacial score (nSPS) is 11.2. The van der Waals surface area contributed by atoms with Crippen LogP contribution < -0.4 is 5.32 Å². The molecular weight excluding hydrogens is 248 g/mol. The molecule has 0 bridgehead atoms. The Kier molecular flexibility index (Phi) is 3.83.